The summed E-state index contributed by atoms with van der Waals surface area (Å²) in [4.78, 5) is 4.57. The van der Waals surface area contributed by atoms with Crippen LogP contribution in [0.4, 0.5) is 4.39 Å². The Morgan fingerprint density at radius 3 is 2.09 bits per heavy atom. The normalized spacial score (nSPS) is 12.1. The highest BCUT2D eigenvalue weighted by Crippen LogP contribution is 2.25. The number of aryl methyl sites for hydroxylation is 1. The molecule has 1 atom stereocenters. The van der Waals surface area contributed by atoms with Gasteiger partial charge in [0.05, 0.1) is 11.8 Å². The zero-order valence-electron chi connectivity index (χ0n) is 22.5. The van der Waals surface area contributed by atoms with Crippen molar-refractivity contribution in [2.75, 3.05) is 13.2 Å². The van der Waals surface area contributed by atoms with E-state index in [2.05, 4.69) is 24.9 Å². The van der Waals surface area contributed by atoms with Crippen molar-refractivity contribution in [3.05, 3.63) is 47.9 Å². The first-order chi connectivity index (χ1) is 17.1. The number of pyridine rings is 1. The first kappa shape index (κ1) is 29.3. The van der Waals surface area contributed by atoms with Crippen molar-refractivity contribution >= 4 is 0 Å². The number of unbranched alkanes of at least 4 members (excludes halogenated alkanes) is 11. The van der Waals surface area contributed by atoms with Crippen LogP contribution in [0.3, 0.4) is 0 Å². The smallest absolute Gasteiger partial charge is 0.165 e. The monoisotopic (exact) mass is 485 g/mol. The molecule has 0 spiro atoms. The number of aromatic nitrogens is 1. The van der Waals surface area contributed by atoms with E-state index in [0.717, 1.165) is 30.7 Å². The van der Waals surface area contributed by atoms with Crippen LogP contribution in [0, 0.1) is 5.82 Å². The third kappa shape index (κ3) is 12.5. The summed E-state index contributed by atoms with van der Waals surface area (Å²) < 4.78 is 26.1. The average Bonchev–Trinajstić information content (AvgIpc) is 2.87. The zero-order chi connectivity index (χ0) is 25.1. The Morgan fingerprint density at radius 2 is 1.46 bits per heavy atom. The third-order valence-electron chi connectivity index (χ3n) is 6.50. The lowest BCUT2D eigenvalue weighted by Gasteiger charge is -2.15. The molecule has 2 rings (SSSR count). The molecule has 0 fully saturated rings. The van der Waals surface area contributed by atoms with Gasteiger partial charge < -0.3 is 9.47 Å². The van der Waals surface area contributed by atoms with Gasteiger partial charge in [0, 0.05) is 18.4 Å². The van der Waals surface area contributed by atoms with Crippen LogP contribution in [0.25, 0.3) is 11.3 Å². The minimum Gasteiger partial charge on any atom is -0.488 e. The molecular weight excluding hydrogens is 437 g/mol. The highest BCUT2D eigenvalue weighted by Gasteiger charge is 2.10. The Morgan fingerprint density at radius 1 is 0.800 bits per heavy atom. The van der Waals surface area contributed by atoms with Crippen molar-refractivity contribution in [2.24, 2.45) is 0 Å². The largest absolute Gasteiger partial charge is 0.488 e. The van der Waals surface area contributed by atoms with Crippen LogP contribution < -0.4 is 4.74 Å². The second kappa shape index (κ2) is 18.3. The summed E-state index contributed by atoms with van der Waals surface area (Å²) in [5, 5.41) is 0. The molecular formula is C31H48FNO2. The maximum Gasteiger partial charge on any atom is 0.165 e. The molecule has 1 unspecified atom stereocenters. The molecule has 0 aliphatic heterocycles. The molecule has 0 saturated carbocycles. The van der Waals surface area contributed by atoms with E-state index in [9.17, 15) is 4.39 Å². The third-order valence-corrected chi connectivity index (χ3v) is 6.50. The van der Waals surface area contributed by atoms with Crippen LogP contribution in [0.15, 0.2) is 36.5 Å². The summed E-state index contributed by atoms with van der Waals surface area (Å²) in [5.74, 6) is -0.0982. The molecule has 4 heteroatoms. The van der Waals surface area contributed by atoms with E-state index in [-0.39, 0.29) is 17.7 Å². The highest BCUT2D eigenvalue weighted by atomic mass is 19.1. The number of rotatable bonds is 20. The Kier molecular flexibility index (Phi) is 15.4. The Labute approximate surface area is 213 Å². The Balaban J connectivity index is 1.69. The highest BCUT2D eigenvalue weighted by molar-refractivity contribution is 5.60. The molecule has 0 amide bonds. The average molecular weight is 486 g/mol. The van der Waals surface area contributed by atoms with Gasteiger partial charge in [0.15, 0.2) is 11.6 Å². The molecule has 0 aliphatic carbocycles. The van der Waals surface area contributed by atoms with Gasteiger partial charge in [0.25, 0.3) is 0 Å². The molecule has 0 N–H and O–H groups in total. The summed E-state index contributed by atoms with van der Waals surface area (Å²) in [6, 6.07) is 9.18. The molecule has 35 heavy (non-hydrogen) atoms. The molecule has 0 radical (unpaired) electrons. The fourth-order valence-corrected chi connectivity index (χ4v) is 4.23. The van der Waals surface area contributed by atoms with E-state index in [0.29, 0.717) is 6.61 Å². The van der Waals surface area contributed by atoms with Crippen LogP contribution in [-0.4, -0.2) is 24.3 Å². The Hall–Kier alpha value is -1.94. The van der Waals surface area contributed by atoms with Crippen molar-refractivity contribution in [3.8, 4) is 17.0 Å². The maximum atomic E-state index is 14.6. The minimum absolute atomic E-state index is 0.0599. The summed E-state index contributed by atoms with van der Waals surface area (Å²) in [6.07, 6.45) is 19.5. The van der Waals surface area contributed by atoms with Crippen LogP contribution in [-0.2, 0) is 11.2 Å². The lowest BCUT2D eigenvalue weighted by atomic mass is 10.0. The number of halogens is 1. The van der Waals surface area contributed by atoms with Gasteiger partial charge in [-0.15, -0.1) is 0 Å². The Bertz CT molecular complexity index is 793. The van der Waals surface area contributed by atoms with Crippen LogP contribution in [0.5, 0.6) is 5.75 Å². The van der Waals surface area contributed by atoms with Gasteiger partial charge in [-0.3, -0.25) is 4.98 Å². The predicted molar refractivity (Wildman–Crippen MR) is 146 cm³/mol. The van der Waals surface area contributed by atoms with Crippen molar-refractivity contribution in [1.82, 2.24) is 4.98 Å². The topological polar surface area (TPSA) is 31.4 Å². The first-order valence-electron chi connectivity index (χ1n) is 14.1. The zero-order valence-corrected chi connectivity index (χ0v) is 22.5. The first-order valence-corrected chi connectivity index (χ1v) is 14.1. The van der Waals surface area contributed by atoms with E-state index in [4.69, 9.17) is 9.47 Å². The minimum atomic E-state index is -0.362. The van der Waals surface area contributed by atoms with Gasteiger partial charge in [0.1, 0.15) is 6.61 Å². The van der Waals surface area contributed by atoms with Crippen molar-refractivity contribution in [2.45, 2.75) is 117 Å². The number of ether oxygens (including phenoxy) is 2. The molecule has 1 aromatic heterocycles. The number of hydrogen-bond donors (Lipinski definition) is 0. The molecule has 2 aromatic rings. The van der Waals surface area contributed by atoms with Gasteiger partial charge in [0.2, 0.25) is 0 Å². The van der Waals surface area contributed by atoms with Gasteiger partial charge >= 0.3 is 0 Å². The number of benzene rings is 1. The lowest BCUT2D eigenvalue weighted by Crippen LogP contribution is -2.19. The number of nitrogens with zero attached hydrogens (tertiary/aromatic N) is 1. The summed E-state index contributed by atoms with van der Waals surface area (Å²) in [6.45, 7) is 7.54. The van der Waals surface area contributed by atoms with E-state index >= 15 is 0 Å². The van der Waals surface area contributed by atoms with Crippen LogP contribution >= 0.6 is 0 Å². The molecule has 0 saturated heterocycles. The van der Waals surface area contributed by atoms with E-state index in [1.54, 1.807) is 6.07 Å². The second-order valence-corrected chi connectivity index (χ2v) is 9.83. The van der Waals surface area contributed by atoms with Crippen molar-refractivity contribution < 1.29 is 13.9 Å². The van der Waals surface area contributed by atoms with E-state index in [1.165, 1.54) is 88.7 Å². The molecule has 3 nitrogen and oxygen atoms in total. The summed E-state index contributed by atoms with van der Waals surface area (Å²) in [5.41, 5.74) is 2.80. The quantitative estimate of drug-likeness (QED) is 0.175. The number of hydrogen-bond acceptors (Lipinski definition) is 3. The lowest BCUT2D eigenvalue weighted by molar-refractivity contribution is 0.0293. The van der Waals surface area contributed by atoms with Crippen LogP contribution in [0.2, 0.25) is 0 Å². The van der Waals surface area contributed by atoms with E-state index < -0.39 is 0 Å². The van der Waals surface area contributed by atoms with E-state index in [1.807, 2.05) is 25.3 Å². The summed E-state index contributed by atoms with van der Waals surface area (Å²) in [7, 11) is 0. The van der Waals surface area contributed by atoms with Crippen LogP contribution in [0.1, 0.15) is 110 Å². The van der Waals surface area contributed by atoms with Gasteiger partial charge in [-0.2, -0.15) is 0 Å². The fraction of sp³-hybridized carbons (Fsp3) is 0.645. The standard InChI is InChI=1S/C31H48FNO2/c1-4-6-8-10-12-13-15-17-27-18-20-30(33-24-27)28-19-21-31(29(32)23-28)35-25-26(3)34-22-16-14-11-9-7-5-2/h18-21,23-24,26H,4-17,22,25H2,1-3H3. The maximum absolute atomic E-state index is 14.6. The van der Waals surface area contributed by atoms with Crippen molar-refractivity contribution in [1.29, 1.82) is 0 Å². The molecule has 0 aliphatic rings. The van der Waals surface area contributed by atoms with Crippen molar-refractivity contribution in [3.63, 3.8) is 0 Å². The SMILES string of the molecule is CCCCCCCCCc1ccc(-c2ccc(OCC(C)OCCCCCCCC)c(F)c2)nc1. The van der Waals surface area contributed by atoms with Gasteiger partial charge in [-0.05, 0) is 56.0 Å². The van der Waals surface area contributed by atoms with Gasteiger partial charge in [-0.25, -0.2) is 4.39 Å². The fourth-order valence-electron chi connectivity index (χ4n) is 4.23. The molecule has 0 bridgehead atoms. The second-order valence-electron chi connectivity index (χ2n) is 9.83. The molecule has 196 valence electrons. The molecule has 1 heterocycles. The predicted octanol–water partition coefficient (Wildman–Crippen LogP) is 9.33. The summed E-state index contributed by atoms with van der Waals surface area (Å²) >= 11 is 0. The van der Waals surface area contributed by atoms with Gasteiger partial charge in [-0.1, -0.05) is 90.5 Å². The molecule has 1 aromatic carbocycles.